The first-order chi connectivity index (χ1) is 10.3. The summed E-state index contributed by atoms with van der Waals surface area (Å²) in [6.45, 7) is 0. The van der Waals surface area contributed by atoms with Gasteiger partial charge in [0, 0.05) is 5.92 Å². The first kappa shape index (κ1) is 14.2. The van der Waals surface area contributed by atoms with Gasteiger partial charge in [-0.2, -0.15) is 0 Å². The number of rotatable bonds is 3. The second-order valence-electron chi connectivity index (χ2n) is 4.93. The van der Waals surface area contributed by atoms with E-state index in [0.717, 1.165) is 5.56 Å². The van der Waals surface area contributed by atoms with Crippen molar-refractivity contribution < 1.29 is 0 Å². The molecule has 0 heterocycles. The summed E-state index contributed by atoms with van der Waals surface area (Å²) in [7, 11) is 0. The van der Waals surface area contributed by atoms with Crippen LogP contribution < -0.4 is 0 Å². The minimum absolute atomic E-state index is 0.155. The van der Waals surface area contributed by atoms with E-state index in [4.69, 9.17) is 23.2 Å². The third kappa shape index (κ3) is 3.12. The zero-order valence-corrected chi connectivity index (χ0v) is 12.9. The molecule has 0 bridgehead atoms. The lowest BCUT2D eigenvalue weighted by molar-refractivity contribution is 0.977. The van der Waals surface area contributed by atoms with E-state index < -0.39 is 0 Å². The van der Waals surface area contributed by atoms with E-state index in [1.165, 1.54) is 11.1 Å². The van der Waals surface area contributed by atoms with Crippen molar-refractivity contribution in [2.24, 2.45) is 0 Å². The summed E-state index contributed by atoms with van der Waals surface area (Å²) in [5, 5.41) is 1.17. The summed E-state index contributed by atoms with van der Waals surface area (Å²) >= 11 is 12.2. The number of halogens is 2. The summed E-state index contributed by atoms with van der Waals surface area (Å²) in [4.78, 5) is 0. The van der Waals surface area contributed by atoms with E-state index in [9.17, 15) is 0 Å². The Morgan fingerprint density at radius 3 is 1.52 bits per heavy atom. The third-order valence-corrected chi connectivity index (χ3v) is 4.28. The van der Waals surface area contributed by atoms with Crippen LogP contribution in [0.2, 0.25) is 10.0 Å². The molecule has 3 rings (SSSR count). The Morgan fingerprint density at radius 2 is 1.05 bits per heavy atom. The zero-order chi connectivity index (χ0) is 14.7. The van der Waals surface area contributed by atoms with Gasteiger partial charge in [-0.1, -0.05) is 89.9 Å². The predicted molar refractivity (Wildman–Crippen MR) is 90.3 cm³/mol. The van der Waals surface area contributed by atoms with Crippen molar-refractivity contribution in [2.45, 2.75) is 5.92 Å². The van der Waals surface area contributed by atoms with E-state index in [0.29, 0.717) is 10.0 Å². The molecule has 0 fully saturated rings. The highest BCUT2D eigenvalue weighted by atomic mass is 35.5. The fraction of sp³-hybridized carbons (Fsp3) is 0.0526. The summed E-state index contributed by atoms with van der Waals surface area (Å²) < 4.78 is 0. The standard InChI is InChI=1S/C19H14Cl2/c20-17-12-11-16(13-18(17)21)19(14-7-3-1-4-8-14)15-9-5-2-6-10-15/h1-13,19H. The summed E-state index contributed by atoms with van der Waals surface area (Å²) in [5.74, 6) is 0.155. The highest BCUT2D eigenvalue weighted by molar-refractivity contribution is 6.42. The smallest absolute Gasteiger partial charge is 0.0595 e. The molecule has 0 N–H and O–H groups in total. The number of hydrogen-bond acceptors (Lipinski definition) is 0. The van der Waals surface area contributed by atoms with Crippen LogP contribution in [0.1, 0.15) is 22.6 Å². The van der Waals surface area contributed by atoms with Gasteiger partial charge < -0.3 is 0 Å². The molecule has 0 aliphatic heterocycles. The lowest BCUT2D eigenvalue weighted by atomic mass is 9.85. The highest BCUT2D eigenvalue weighted by Crippen LogP contribution is 2.34. The predicted octanol–water partition coefficient (Wildman–Crippen LogP) is 6.17. The normalized spacial score (nSPS) is 10.8. The average molecular weight is 313 g/mol. The molecule has 0 aliphatic rings. The molecule has 104 valence electrons. The lowest BCUT2D eigenvalue weighted by Crippen LogP contribution is -2.03. The molecular weight excluding hydrogens is 299 g/mol. The minimum Gasteiger partial charge on any atom is -0.0827 e. The molecule has 21 heavy (non-hydrogen) atoms. The Balaban J connectivity index is 2.14. The second kappa shape index (κ2) is 6.34. The fourth-order valence-electron chi connectivity index (χ4n) is 2.56. The van der Waals surface area contributed by atoms with Crippen LogP contribution in [0.4, 0.5) is 0 Å². The van der Waals surface area contributed by atoms with Crippen LogP contribution in [0.25, 0.3) is 0 Å². The fourth-order valence-corrected chi connectivity index (χ4v) is 2.87. The van der Waals surface area contributed by atoms with Crippen LogP contribution in [0.5, 0.6) is 0 Å². The first-order valence-corrected chi connectivity index (χ1v) is 7.56. The average Bonchev–Trinajstić information content (AvgIpc) is 2.53. The molecule has 2 heteroatoms. The monoisotopic (exact) mass is 312 g/mol. The molecule has 0 amide bonds. The van der Waals surface area contributed by atoms with Crippen LogP contribution >= 0.6 is 23.2 Å². The van der Waals surface area contributed by atoms with Gasteiger partial charge in [0.1, 0.15) is 0 Å². The van der Waals surface area contributed by atoms with Crippen molar-refractivity contribution in [3.63, 3.8) is 0 Å². The quantitative estimate of drug-likeness (QED) is 0.507. The molecule has 0 saturated heterocycles. The maximum Gasteiger partial charge on any atom is 0.0595 e. The molecule has 0 nitrogen and oxygen atoms in total. The number of benzene rings is 3. The van der Waals surface area contributed by atoms with Gasteiger partial charge in [-0.25, -0.2) is 0 Å². The Morgan fingerprint density at radius 1 is 0.524 bits per heavy atom. The Labute approximate surface area is 135 Å². The Bertz CT molecular complexity index is 682. The number of hydrogen-bond donors (Lipinski definition) is 0. The van der Waals surface area contributed by atoms with Gasteiger partial charge >= 0.3 is 0 Å². The van der Waals surface area contributed by atoms with Crippen LogP contribution in [0, 0.1) is 0 Å². The van der Waals surface area contributed by atoms with Crippen molar-refractivity contribution in [3.05, 3.63) is 106 Å². The summed E-state index contributed by atoms with van der Waals surface area (Å²) in [6, 6.07) is 26.7. The lowest BCUT2D eigenvalue weighted by Gasteiger charge is -2.19. The second-order valence-corrected chi connectivity index (χ2v) is 5.74. The van der Waals surface area contributed by atoms with Crippen molar-refractivity contribution in [3.8, 4) is 0 Å². The Kier molecular flexibility index (Phi) is 4.28. The van der Waals surface area contributed by atoms with Gasteiger partial charge in [0.05, 0.1) is 10.0 Å². The maximum absolute atomic E-state index is 6.20. The van der Waals surface area contributed by atoms with Gasteiger partial charge in [-0.05, 0) is 28.8 Å². The van der Waals surface area contributed by atoms with Gasteiger partial charge in [0.25, 0.3) is 0 Å². The molecule has 0 atom stereocenters. The molecular formula is C19H14Cl2. The largest absolute Gasteiger partial charge is 0.0827 e. The summed E-state index contributed by atoms with van der Waals surface area (Å²) in [6.07, 6.45) is 0. The molecule has 0 radical (unpaired) electrons. The minimum atomic E-state index is 0.155. The zero-order valence-electron chi connectivity index (χ0n) is 11.3. The highest BCUT2D eigenvalue weighted by Gasteiger charge is 2.17. The maximum atomic E-state index is 6.20. The molecule has 0 unspecified atom stereocenters. The first-order valence-electron chi connectivity index (χ1n) is 6.80. The van der Waals surface area contributed by atoms with Crippen molar-refractivity contribution in [1.29, 1.82) is 0 Å². The van der Waals surface area contributed by atoms with Crippen LogP contribution in [-0.2, 0) is 0 Å². The van der Waals surface area contributed by atoms with E-state index in [1.807, 2.05) is 30.3 Å². The molecule has 0 aromatic heterocycles. The van der Waals surface area contributed by atoms with Crippen molar-refractivity contribution in [1.82, 2.24) is 0 Å². The van der Waals surface area contributed by atoms with E-state index in [-0.39, 0.29) is 5.92 Å². The van der Waals surface area contributed by atoms with Gasteiger partial charge in [-0.15, -0.1) is 0 Å². The molecule has 3 aromatic carbocycles. The molecule has 3 aromatic rings. The Hall–Kier alpha value is -1.76. The van der Waals surface area contributed by atoms with Gasteiger partial charge in [0.15, 0.2) is 0 Å². The van der Waals surface area contributed by atoms with Crippen molar-refractivity contribution in [2.75, 3.05) is 0 Å². The van der Waals surface area contributed by atoms with Gasteiger partial charge in [0.2, 0.25) is 0 Å². The van der Waals surface area contributed by atoms with Crippen LogP contribution in [0.15, 0.2) is 78.9 Å². The van der Waals surface area contributed by atoms with E-state index >= 15 is 0 Å². The molecule has 0 saturated carbocycles. The molecule has 0 aliphatic carbocycles. The third-order valence-electron chi connectivity index (χ3n) is 3.54. The van der Waals surface area contributed by atoms with Crippen LogP contribution in [-0.4, -0.2) is 0 Å². The van der Waals surface area contributed by atoms with Gasteiger partial charge in [-0.3, -0.25) is 0 Å². The van der Waals surface area contributed by atoms with E-state index in [2.05, 4.69) is 48.5 Å². The van der Waals surface area contributed by atoms with E-state index in [1.54, 1.807) is 0 Å². The SMILES string of the molecule is Clc1ccc(C(c2ccccc2)c2ccccc2)cc1Cl. The topological polar surface area (TPSA) is 0 Å². The summed E-state index contributed by atoms with van der Waals surface area (Å²) in [5.41, 5.74) is 3.62. The molecule has 0 spiro atoms. The van der Waals surface area contributed by atoms with Crippen LogP contribution in [0.3, 0.4) is 0 Å². The van der Waals surface area contributed by atoms with Crippen molar-refractivity contribution >= 4 is 23.2 Å².